The molecule has 7 heteroatoms. The lowest BCUT2D eigenvalue weighted by molar-refractivity contribution is 0.0697. The number of hydrogen-bond donors (Lipinski definition) is 1. The summed E-state index contributed by atoms with van der Waals surface area (Å²) in [6.07, 6.45) is 1.05. The quantitative estimate of drug-likeness (QED) is 0.795. The highest BCUT2D eigenvalue weighted by molar-refractivity contribution is 5.89. The van der Waals surface area contributed by atoms with Crippen LogP contribution in [0.4, 0.5) is 4.39 Å². The van der Waals surface area contributed by atoms with Crippen molar-refractivity contribution in [2.45, 2.75) is 0 Å². The average Bonchev–Trinajstić information content (AvgIpc) is 2.98. The minimum Gasteiger partial charge on any atom is -0.478 e. The van der Waals surface area contributed by atoms with Gasteiger partial charge < -0.3 is 9.63 Å². The first kappa shape index (κ1) is 12.9. The van der Waals surface area contributed by atoms with E-state index in [9.17, 15) is 9.18 Å². The van der Waals surface area contributed by atoms with Gasteiger partial charge in [-0.1, -0.05) is 11.2 Å². The topological polar surface area (TPSA) is 89.1 Å². The highest BCUT2D eigenvalue weighted by atomic mass is 19.1. The van der Waals surface area contributed by atoms with Crippen molar-refractivity contribution in [2.75, 3.05) is 0 Å². The summed E-state index contributed by atoms with van der Waals surface area (Å²) in [7, 11) is 0. The van der Waals surface area contributed by atoms with Crippen molar-refractivity contribution < 1.29 is 18.8 Å². The van der Waals surface area contributed by atoms with E-state index in [1.54, 1.807) is 12.1 Å². The summed E-state index contributed by atoms with van der Waals surface area (Å²) in [6.45, 7) is 0. The van der Waals surface area contributed by atoms with Crippen LogP contribution in [0, 0.1) is 5.82 Å². The fraction of sp³-hybridized carbons (Fsp3) is 0. The molecule has 0 unspecified atom stereocenters. The van der Waals surface area contributed by atoms with Crippen LogP contribution in [-0.2, 0) is 0 Å². The predicted molar refractivity (Wildman–Crippen MR) is 69.9 cm³/mol. The zero-order valence-corrected chi connectivity index (χ0v) is 10.5. The van der Waals surface area contributed by atoms with Gasteiger partial charge in [-0.3, -0.25) is 0 Å². The van der Waals surface area contributed by atoms with Crippen molar-refractivity contribution >= 4 is 5.97 Å². The third-order valence-electron chi connectivity index (χ3n) is 2.74. The molecule has 0 radical (unpaired) electrons. The van der Waals surface area contributed by atoms with Gasteiger partial charge in [0, 0.05) is 5.56 Å². The molecule has 21 heavy (non-hydrogen) atoms. The molecule has 3 rings (SSSR count). The fourth-order valence-corrected chi connectivity index (χ4v) is 1.74. The summed E-state index contributed by atoms with van der Waals surface area (Å²) >= 11 is 0. The molecule has 2 heterocycles. The van der Waals surface area contributed by atoms with Gasteiger partial charge in [0.1, 0.15) is 11.5 Å². The number of halogens is 1. The zero-order valence-electron chi connectivity index (χ0n) is 10.5. The lowest BCUT2D eigenvalue weighted by Gasteiger charge is -1.96. The molecule has 0 bridgehead atoms. The second-order valence-corrected chi connectivity index (χ2v) is 4.17. The van der Waals surface area contributed by atoms with Gasteiger partial charge in [-0.05, 0) is 30.3 Å². The third kappa shape index (κ3) is 2.62. The van der Waals surface area contributed by atoms with Crippen molar-refractivity contribution in [3.63, 3.8) is 0 Å². The lowest BCUT2D eigenvalue weighted by Crippen LogP contribution is -1.95. The standard InChI is InChI=1S/C14H8FN3O3/c15-10-4-5-11(16-7-10)12-17-13(21-18-12)8-2-1-3-9(6-8)14(19)20/h1-7H,(H,19,20). The molecule has 6 nitrogen and oxygen atoms in total. The van der Waals surface area contributed by atoms with E-state index >= 15 is 0 Å². The molecule has 0 fully saturated rings. The zero-order chi connectivity index (χ0) is 14.8. The number of rotatable bonds is 3. The minimum atomic E-state index is -1.04. The molecule has 1 N–H and O–H groups in total. The van der Waals surface area contributed by atoms with E-state index in [2.05, 4.69) is 15.1 Å². The smallest absolute Gasteiger partial charge is 0.335 e. The van der Waals surface area contributed by atoms with Gasteiger partial charge in [-0.2, -0.15) is 4.98 Å². The monoisotopic (exact) mass is 285 g/mol. The molecule has 1 aromatic carbocycles. The number of carboxylic acids is 1. The van der Waals surface area contributed by atoms with E-state index < -0.39 is 11.8 Å². The van der Waals surface area contributed by atoms with Crippen LogP contribution in [0.15, 0.2) is 47.1 Å². The normalized spacial score (nSPS) is 10.5. The highest BCUT2D eigenvalue weighted by Crippen LogP contribution is 2.22. The summed E-state index contributed by atoms with van der Waals surface area (Å²) < 4.78 is 17.9. The summed E-state index contributed by atoms with van der Waals surface area (Å²) in [5.74, 6) is -1.14. The third-order valence-corrected chi connectivity index (χ3v) is 2.74. The van der Waals surface area contributed by atoms with E-state index in [4.69, 9.17) is 9.63 Å². The van der Waals surface area contributed by atoms with Crippen molar-refractivity contribution in [1.29, 1.82) is 0 Å². The maximum atomic E-state index is 12.8. The van der Waals surface area contributed by atoms with Crippen LogP contribution < -0.4 is 0 Å². The van der Waals surface area contributed by atoms with Gasteiger partial charge >= 0.3 is 5.97 Å². The number of carboxylic acid groups (broad SMARTS) is 1. The molecule has 0 saturated heterocycles. The minimum absolute atomic E-state index is 0.118. The summed E-state index contributed by atoms with van der Waals surface area (Å²) in [4.78, 5) is 18.9. The molecular weight excluding hydrogens is 277 g/mol. The van der Waals surface area contributed by atoms with Crippen LogP contribution in [0.25, 0.3) is 23.0 Å². The first-order valence-electron chi connectivity index (χ1n) is 5.93. The first-order valence-corrected chi connectivity index (χ1v) is 5.93. The van der Waals surface area contributed by atoms with Gasteiger partial charge in [0.15, 0.2) is 0 Å². The Balaban J connectivity index is 1.96. The number of benzene rings is 1. The molecule has 0 spiro atoms. The molecule has 0 aliphatic carbocycles. The number of aromatic carboxylic acids is 1. The molecule has 0 atom stereocenters. The van der Waals surface area contributed by atoms with Gasteiger partial charge in [0.25, 0.3) is 5.89 Å². The molecule has 0 amide bonds. The van der Waals surface area contributed by atoms with Crippen molar-refractivity contribution in [1.82, 2.24) is 15.1 Å². The van der Waals surface area contributed by atoms with Crippen LogP contribution in [0.3, 0.4) is 0 Å². The number of nitrogens with zero attached hydrogens (tertiary/aromatic N) is 3. The first-order chi connectivity index (χ1) is 10.1. The van der Waals surface area contributed by atoms with Gasteiger partial charge in [0.05, 0.1) is 11.8 Å². The fourth-order valence-electron chi connectivity index (χ4n) is 1.74. The van der Waals surface area contributed by atoms with Crippen LogP contribution in [-0.4, -0.2) is 26.2 Å². The Morgan fingerprint density at radius 3 is 2.81 bits per heavy atom. The number of hydrogen-bond acceptors (Lipinski definition) is 5. The SMILES string of the molecule is O=C(O)c1cccc(-c2nc(-c3ccc(F)cn3)no2)c1. The van der Waals surface area contributed by atoms with E-state index in [1.807, 2.05) is 0 Å². The second kappa shape index (κ2) is 5.12. The molecule has 2 aromatic heterocycles. The number of carbonyl (C=O) groups is 1. The van der Waals surface area contributed by atoms with Crippen molar-refractivity contribution in [3.05, 3.63) is 54.0 Å². The predicted octanol–water partition coefficient (Wildman–Crippen LogP) is 2.64. The average molecular weight is 285 g/mol. The molecule has 3 aromatic rings. The van der Waals surface area contributed by atoms with Gasteiger partial charge in [-0.25, -0.2) is 14.2 Å². The molecular formula is C14H8FN3O3. The Morgan fingerprint density at radius 2 is 2.10 bits per heavy atom. The van der Waals surface area contributed by atoms with Gasteiger partial charge in [-0.15, -0.1) is 0 Å². The van der Waals surface area contributed by atoms with Crippen molar-refractivity contribution in [3.8, 4) is 23.0 Å². The lowest BCUT2D eigenvalue weighted by atomic mass is 10.1. The Kier molecular flexibility index (Phi) is 3.15. The largest absolute Gasteiger partial charge is 0.478 e. The van der Waals surface area contributed by atoms with E-state index in [0.717, 1.165) is 6.20 Å². The molecule has 0 aliphatic rings. The van der Waals surface area contributed by atoms with Crippen molar-refractivity contribution in [2.24, 2.45) is 0 Å². The van der Waals surface area contributed by atoms with Crippen LogP contribution >= 0.6 is 0 Å². The van der Waals surface area contributed by atoms with Crippen LogP contribution in [0.2, 0.25) is 0 Å². The number of aromatic nitrogens is 3. The van der Waals surface area contributed by atoms with E-state index in [0.29, 0.717) is 11.3 Å². The Bertz CT molecular complexity index is 799. The molecule has 104 valence electrons. The summed E-state index contributed by atoms with van der Waals surface area (Å²) in [6, 6.07) is 8.80. The second-order valence-electron chi connectivity index (χ2n) is 4.17. The van der Waals surface area contributed by atoms with Gasteiger partial charge in [0.2, 0.25) is 5.82 Å². The highest BCUT2D eigenvalue weighted by Gasteiger charge is 2.13. The maximum Gasteiger partial charge on any atom is 0.335 e. The number of pyridine rings is 1. The van der Waals surface area contributed by atoms with E-state index in [1.165, 1.54) is 24.3 Å². The summed E-state index contributed by atoms with van der Waals surface area (Å²) in [5.41, 5.74) is 0.962. The summed E-state index contributed by atoms with van der Waals surface area (Å²) in [5, 5.41) is 12.7. The van der Waals surface area contributed by atoms with Crippen LogP contribution in [0.1, 0.15) is 10.4 Å². The molecule has 0 aliphatic heterocycles. The van der Waals surface area contributed by atoms with Crippen LogP contribution in [0.5, 0.6) is 0 Å². The maximum absolute atomic E-state index is 12.8. The Morgan fingerprint density at radius 1 is 1.24 bits per heavy atom. The van der Waals surface area contributed by atoms with E-state index in [-0.39, 0.29) is 17.3 Å². The Labute approximate surface area is 117 Å². The Hall–Kier alpha value is -3.09. The molecule has 0 saturated carbocycles.